The zero-order valence-electron chi connectivity index (χ0n) is 22.0. The number of rotatable bonds is 5. The number of aromatic nitrogens is 3. The van der Waals surface area contributed by atoms with E-state index < -0.39 is 5.97 Å². The van der Waals surface area contributed by atoms with Gasteiger partial charge in [-0.05, 0) is 79.8 Å². The second kappa shape index (κ2) is 9.80. The minimum atomic E-state index is -0.541. The highest BCUT2D eigenvalue weighted by molar-refractivity contribution is 6.01. The van der Waals surface area contributed by atoms with E-state index in [1.165, 1.54) is 40.2 Å². The van der Waals surface area contributed by atoms with Gasteiger partial charge in [0.2, 0.25) is 0 Å². The van der Waals surface area contributed by atoms with Crippen LogP contribution in [0.1, 0.15) is 63.6 Å². The molecule has 1 spiro atoms. The second-order valence-corrected chi connectivity index (χ2v) is 10.3. The minimum Gasteiger partial charge on any atom is -0.462 e. The van der Waals surface area contributed by atoms with Crippen LogP contribution in [-0.4, -0.2) is 51.1 Å². The number of hydrogen-bond acceptors (Lipinski definition) is 6. The van der Waals surface area contributed by atoms with Crippen molar-refractivity contribution in [3.8, 4) is 0 Å². The third-order valence-corrected chi connectivity index (χ3v) is 8.16. The molecule has 39 heavy (non-hydrogen) atoms. The summed E-state index contributed by atoms with van der Waals surface area (Å²) in [6.07, 6.45) is 6.87. The standard InChI is InChI=1S/C30H30FN5O3/c1-3-39-29(38)23-18-33-36-26(23)32-17-22(27(36)34-25-9-8-21(31)16-19(25)2)28(37)35-14-12-30(13-15-35)11-10-20-6-4-5-7-24(20)30/h4-9,16-18,34H,3,10-15H2,1-2H3. The maximum Gasteiger partial charge on any atom is 0.343 e. The van der Waals surface area contributed by atoms with Crippen LogP contribution in [0, 0.1) is 12.7 Å². The predicted octanol–water partition coefficient (Wildman–Crippen LogP) is 5.22. The zero-order valence-corrected chi connectivity index (χ0v) is 22.0. The molecule has 200 valence electrons. The van der Waals surface area contributed by atoms with Crippen molar-refractivity contribution in [3.05, 3.63) is 88.5 Å². The number of carbonyl (C=O) groups excluding carboxylic acids is 2. The van der Waals surface area contributed by atoms with Crippen LogP contribution < -0.4 is 5.32 Å². The molecule has 1 saturated heterocycles. The third kappa shape index (κ3) is 4.31. The van der Waals surface area contributed by atoms with E-state index in [0.29, 0.717) is 35.7 Å². The van der Waals surface area contributed by atoms with Crippen molar-refractivity contribution >= 4 is 29.0 Å². The number of esters is 1. The number of likely N-dealkylation sites (tertiary alicyclic amines) is 1. The number of ether oxygens (including phenoxy) is 1. The zero-order chi connectivity index (χ0) is 27.1. The number of fused-ring (bicyclic) bond motifs is 3. The first-order valence-corrected chi connectivity index (χ1v) is 13.3. The van der Waals surface area contributed by atoms with Gasteiger partial charge in [0.15, 0.2) is 5.65 Å². The van der Waals surface area contributed by atoms with Crippen LogP contribution >= 0.6 is 0 Å². The van der Waals surface area contributed by atoms with Gasteiger partial charge >= 0.3 is 5.97 Å². The predicted molar refractivity (Wildman–Crippen MR) is 145 cm³/mol. The third-order valence-electron chi connectivity index (χ3n) is 8.16. The fourth-order valence-corrected chi connectivity index (χ4v) is 6.05. The van der Waals surface area contributed by atoms with E-state index in [4.69, 9.17) is 4.74 Å². The van der Waals surface area contributed by atoms with Crippen LogP contribution in [0.2, 0.25) is 0 Å². The van der Waals surface area contributed by atoms with E-state index in [-0.39, 0.29) is 35.0 Å². The monoisotopic (exact) mass is 527 g/mol. The summed E-state index contributed by atoms with van der Waals surface area (Å²) >= 11 is 0. The number of anilines is 2. The maximum atomic E-state index is 13.9. The highest BCUT2D eigenvalue weighted by Crippen LogP contribution is 2.46. The molecule has 2 aromatic heterocycles. The van der Waals surface area contributed by atoms with Crippen LogP contribution in [-0.2, 0) is 16.6 Å². The molecule has 1 amide bonds. The number of halogens is 1. The van der Waals surface area contributed by atoms with Gasteiger partial charge < -0.3 is 15.0 Å². The molecule has 0 unspecified atom stereocenters. The molecule has 6 rings (SSSR count). The molecule has 1 aliphatic heterocycles. The van der Waals surface area contributed by atoms with E-state index in [1.54, 1.807) is 19.9 Å². The quantitative estimate of drug-likeness (QED) is 0.358. The van der Waals surface area contributed by atoms with E-state index in [1.807, 2.05) is 4.90 Å². The molecule has 9 heteroatoms. The van der Waals surface area contributed by atoms with Crippen molar-refractivity contribution in [2.24, 2.45) is 0 Å². The molecule has 1 fully saturated rings. The van der Waals surface area contributed by atoms with Crippen molar-refractivity contribution in [1.29, 1.82) is 0 Å². The Bertz CT molecular complexity index is 1590. The van der Waals surface area contributed by atoms with Crippen LogP contribution in [0.5, 0.6) is 0 Å². The molecule has 0 radical (unpaired) electrons. The van der Waals surface area contributed by atoms with Gasteiger partial charge in [-0.3, -0.25) is 4.79 Å². The molecule has 1 N–H and O–H groups in total. The molecule has 2 aliphatic rings. The Labute approximate surface area is 225 Å². The molecule has 0 saturated carbocycles. The number of nitrogens with one attached hydrogen (secondary N) is 1. The summed E-state index contributed by atoms with van der Waals surface area (Å²) < 4.78 is 20.4. The highest BCUT2D eigenvalue weighted by Gasteiger charge is 2.42. The summed E-state index contributed by atoms with van der Waals surface area (Å²) in [4.78, 5) is 32.8. The number of amides is 1. The molecule has 0 bridgehead atoms. The maximum absolute atomic E-state index is 13.9. The van der Waals surface area contributed by atoms with Crippen molar-refractivity contribution in [1.82, 2.24) is 19.5 Å². The molecular formula is C30H30FN5O3. The van der Waals surface area contributed by atoms with E-state index in [9.17, 15) is 14.0 Å². The Morgan fingerprint density at radius 3 is 2.64 bits per heavy atom. The number of hydrogen-bond donors (Lipinski definition) is 1. The van der Waals surface area contributed by atoms with E-state index in [2.05, 4.69) is 39.7 Å². The van der Waals surface area contributed by atoms with Crippen LogP contribution in [0.4, 0.5) is 15.9 Å². The Morgan fingerprint density at radius 2 is 1.87 bits per heavy atom. The summed E-state index contributed by atoms with van der Waals surface area (Å²) in [7, 11) is 0. The molecule has 3 heterocycles. The SMILES string of the molecule is CCOC(=O)c1cnn2c(Nc3ccc(F)cc3C)c(C(=O)N3CCC4(CCc5ccccc54)CC3)cnc12. The van der Waals surface area contributed by atoms with Gasteiger partial charge in [-0.2, -0.15) is 9.61 Å². The van der Waals surface area contributed by atoms with Crippen molar-refractivity contribution in [3.63, 3.8) is 0 Å². The first kappa shape index (κ1) is 25.0. The fourth-order valence-electron chi connectivity index (χ4n) is 6.05. The Balaban J connectivity index is 1.34. The highest BCUT2D eigenvalue weighted by atomic mass is 19.1. The van der Waals surface area contributed by atoms with Gasteiger partial charge in [0.1, 0.15) is 22.8 Å². The number of piperidine rings is 1. The van der Waals surface area contributed by atoms with Crippen LogP contribution in [0.3, 0.4) is 0 Å². The molecule has 8 nitrogen and oxygen atoms in total. The summed E-state index contributed by atoms with van der Waals surface area (Å²) in [5.74, 6) is -0.697. The topological polar surface area (TPSA) is 88.8 Å². The van der Waals surface area contributed by atoms with Crippen molar-refractivity contribution < 1.29 is 18.7 Å². The lowest BCUT2D eigenvalue weighted by Crippen LogP contribution is -2.44. The number of nitrogens with zero attached hydrogens (tertiary/aromatic N) is 4. The van der Waals surface area contributed by atoms with Crippen molar-refractivity contribution in [2.45, 2.75) is 44.9 Å². The van der Waals surface area contributed by atoms with Crippen molar-refractivity contribution in [2.75, 3.05) is 25.0 Å². The summed E-state index contributed by atoms with van der Waals surface area (Å²) in [5, 5.41) is 7.65. The van der Waals surface area contributed by atoms with Gasteiger partial charge in [-0.1, -0.05) is 24.3 Å². The molecule has 4 aromatic rings. The number of benzene rings is 2. The molecule has 0 atom stereocenters. The van der Waals surface area contributed by atoms with E-state index in [0.717, 1.165) is 25.7 Å². The summed E-state index contributed by atoms with van der Waals surface area (Å²) in [5.41, 5.74) is 5.05. The molecular weight excluding hydrogens is 497 g/mol. The lowest BCUT2D eigenvalue weighted by Gasteiger charge is -2.40. The first-order valence-electron chi connectivity index (χ1n) is 13.3. The fraction of sp³-hybridized carbons (Fsp3) is 0.333. The van der Waals surface area contributed by atoms with Gasteiger partial charge in [0.25, 0.3) is 5.91 Å². The number of aryl methyl sites for hydroxylation is 2. The second-order valence-electron chi connectivity index (χ2n) is 10.3. The minimum absolute atomic E-state index is 0.123. The molecule has 2 aromatic carbocycles. The summed E-state index contributed by atoms with van der Waals surface area (Å²) in [6.45, 7) is 4.99. The van der Waals surface area contributed by atoms with Gasteiger partial charge in [-0.15, -0.1) is 0 Å². The van der Waals surface area contributed by atoms with Crippen LogP contribution in [0.25, 0.3) is 5.65 Å². The van der Waals surface area contributed by atoms with Gasteiger partial charge in [0, 0.05) is 25.0 Å². The van der Waals surface area contributed by atoms with Gasteiger partial charge in [-0.25, -0.2) is 14.2 Å². The Kier molecular flexibility index (Phi) is 6.29. The lowest BCUT2D eigenvalue weighted by atomic mass is 9.74. The average Bonchev–Trinajstić information content (AvgIpc) is 3.53. The summed E-state index contributed by atoms with van der Waals surface area (Å²) in [6, 6.07) is 13.0. The van der Waals surface area contributed by atoms with Crippen LogP contribution in [0.15, 0.2) is 54.9 Å². The Hall–Kier alpha value is -4.27. The lowest BCUT2D eigenvalue weighted by molar-refractivity contribution is 0.0528. The van der Waals surface area contributed by atoms with Gasteiger partial charge in [0.05, 0.1) is 12.8 Å². The number of carbonyl (C=O) groups is 2. The first-order chi connectivity index (χ1) is 18.9. The largest absolute Gasteiger partial charge is 0.462 e. The Morgan fingerprint density at radius 1 is 1.08 bits per heavy atom. The normalized spacial score (nSPS) is 15.9. The van der Waals surface area contributed by atoms with E-state index >= 15 is 0 Å². The average molecular weight is 528 g/mol. The smallest absolute Gasteiger partial charge is 0.343 e. The molecule has 1 aliphatic carbocycles.